The smallest absolute Gasteiger partial charge is 0.251 e. The highest BCUT2D eigenvalue weighted by Crippen LogP contribution is 2.16. The minimum Gasteiger partial charge on any atom is -0.382 e. The van der Waals surface area contributed by atoms with Crippen molar-refractivity contribution in [3.05, 3.63) is 35.9 Å². The van der Waals surface area contributed by atoms with Gasteiger partial charge in [0.1, 0.15) is 18.2 Å². The van der Waals surface area contributed by atoms with Gasteiger partial charge in [-0.05, 0) is 17.9 Å². The molecule has 0 bridgehead atoms. The van der Waals surface area contributed by atoms with Gasteiger partial charge in [-0.1, -0.05) is 57.5 Å². The van der Waals surface area contributed by atoms with Gasteiger partial charge in [0, 0.05) is 20.1 Å². The number of carbonyl (C=O) groups excluding carboxylic acids is 3. The van der Waals surface area contributed by atoms with Crippen LogP contribution in [-0.4, -0.2) is 60.0 Å². The van der Waals surface area contributed by atoms with E-state index in [-0.39, 0.29) is 24.2 Å². The van der Waals surface area contributed by atoms with Crippen molar-refractivity contribution in [2.75, 3.05) is 14.1 Å². The zero-order valence-corrected chi connectivity index (χ0v) is 19.1. The average molecular weight is 443 g/mol. The Morgan fingerprint density at radius 1 is 1.07 bits per heavy atom. The predicted molar refractivity (Wildman–Crippen MR) is 119 cm³/mol. The SMILES string of the molecule is CCC[C@H](N)C(O)C(=O)N[C@H](C(=O)N[C@H](C(=O)N(C)C)c1ccccc1)C(C)C.Cl. The first kappa shape index (κ1) is 27.8. The molecule has 0 radical (unpaired) electrons. The molecule has 0 saturated heterocycles. The summed E-state index contributed by atoms with van der Waals surface area (Å²) in [5.41, 5.74) is 6.46. The maximum atomic E-state index is 12.9. The van der Waals surface area contributed by atoms with Gasteiger partial charge in [-0.3, -0.25) is 14.4 Å². The maximum absolute atomic E-state index is 12.9. The van der Waals surface area contributed by atoms with Crippen LogP contribution >= 0.6 is 12.4 Å². The summed E-state index contributed by atoms with van der Waals surface area (Å²) in [5.74, 6) is -1.76. The molecule has 1 aromatic rings. The number of nitrogens with zero attached hydrogens (tertiary/aromatic N) is 1. The van der Waals surface area contributed by atoms with Crippen molar-refractivity contribution in [3.8, 4) is 0 Å². The molecule has 9 heteroatoms. The third kappa shape index (κ3) is 7.93. The molecule has 0 aliphatic carbocycles. The Bertz CT molecular complexity index is 685. The molecule has 0 aliphatic heterocycles. The van der Waals surface area contributed by atoms with E-state index in [4.69, 9.17) is 5.73 Å². The highest BCUT2D eigenvalue weighted by Gasteiger charge is 2.32. The zero-order valence-electron chi connectivity index (χ0n) is 18.3. The van der Waals surface area contributed by atoms with Crippen LogP contribution in [0.25, 0.3) is 0 Å². The summed E-state index contributed by atoms with van der Waals surface area (Å²) < 4.78 is 0. The number of benzene rings is 1. The fraction of sp³-hybridized carbons (Fsp3) is 0.571. The molecule has 1 unspecified atom stereocenters. The standard InChI is InChI=1S/C21H34N4O4.ClH/c1-6-10-15(22)18(26)20(28)23-16(13(2)3)19(27)24-17(21(29)25(4)5)14-11-8-7-9-12-14;/h7-9,11-13,15-18,26H,6,10,22H2,1-5H3,(H,23,28)(H,24,27);1H/t15-,16-,17-,18?;/m0./s1. The van der Waals surface area contributed by atoms with Gasteiger partial charge in [-0.2, -0.15) is 0 Å². The molecule has 5 N–H and O–H groups in total. The third-order valence-corrected chi connectivity index (χ3v) is 4.65. The molecule has 3 amide bonds. The van der Waals surface area contributed by atoms with Gasteiger partial charge in [0.15, 0.2) is 0 Å². The first-order valence-corrected chi connectivity index (χ1v) is 9.90. The summed E-state index contributed by atoms with van der Waals surface area (Å²) in [7, 11) is 3.22. The summed E-state index contributed by atoms with van der Waals surface area (Å²) in [5, 5.41) is 15.4. The van der Waals surface area contributed by atoms with Crippen LogP contribution in [0.4, 0.5) is 0 Å². The lowest BCUT2D eigenvalue weighted by atomic mass is 9.99. The third-order valence-electron chi connectivity index (χ3n) is 4.65. The van der Waals surface area contributed by atoms with Crippen molar-refractivity contribution in [2.45, 2.75) is 57.8 Å². The number of hydrogen-bond acceptors (Lipinski definition) is 5. The van der Waals surface area contributed by atoms with Crippen molar-refractivity contribution in [1.82, 2.24) is 15.5 Å². The topological polar surface area (TPSA) is 125 Å². The molecular weight excluding hydrogens is 408 g/mol. The van der Waals surface area contributed by atoms with E-state index in [0.717, 1.165) is 6.42 Å². The van der Waals surface area contributed by atoms with Crippen molar-refractivity contribution in [2.24, 2.45) is 11.7 Å². The highest BCUT2D eigenvalue weighted by atomic mass is 35.5. The minimum atomic E-state index is -1.41. The highest BCUT2D eigenvalue weighted by molar-refractivity contribution is 5.93. The largest absolute Gasteiger partial charge is 0.382 e. The van der Waals surface area contributed by atoms with E-state index >= 15 is 0 Å². The second kappa shape index (κ2) is 13.2. The molecule has 4 atom stereocenters. The second-order valence-corrected chi connectivity index (χ2v) is 7.71. The average Bonchev–Trinajstić information content (AvgIpc) is 2.69. The first-order valence-electron chi connectivity index (χ1n) is 9.90. The van der Waals surface area contributed by atoms with E-state index in [1.54, 1.807) is 52.2 Å². The Morgan fingerprint density at radius 2 is 1.63 bits per heavy atom. The van der Waals surface area contributed by atoms with Crippen LogP contribution in [-0.2, 0) is 14.4 Å². The quantitative estimate of drug-likeness (QED) is 0.430. The number of nitrogens with two attached hydrogens (primary N) is 1. The molecule has 0 saturated carbocycles. The van der Waals surface area contributed by atoms with Crippen LogP contribution in [0.2, 0.25) is 0 Å². The number of aliphatic hydroxyl groups excluding tert-OH is 1. The number of nitrogens with one attached hydrogen (secondary N) is 2. The molecule has 8 nitrogen and oxygen atoms in total. The Labute approximate surface area is 185 Å². The monoisotopic (exact) mass is 442 g/mol. The molecule has 1 aromatic carbocycles. The second-order valence-electron chi connectivity index (χ2n) is 7.71. The Balaban J connectivity index is 0.00000841. The Kier molecular flexibility index (Phi) is 12.3. The molecular formula is C21H35ClN4O4. The Morgan fingerprint density at radius 3 is 2.10 bits per heavy atom. The lowest BCUT2D eigenvalue weighted by Gasteiger charge is -2.28. The molecule has 0 fully saturated rings. The summed E-state index contributed by atoms with van der Waals surface area (Å²) in [6.07, 6.45) is -0.191. The van der Waals surface area contributed by atoms with Crippen molar-refractivity contribution in [1.29, 1.82) is 0 Å². The normalized spacial score (nSPS) is 14.7. The van der Waals surface area contributed by atoms with Crippen molar-refractivity contribution in [3.63, 3.8) is 0 Å². The fourth-order valence-electron chi connectivity index (χ4n) is 2.88. The van der Waals surface area contributed by atoms with E-state index in [9.17, 15) is 19.5 Å². The lowest BCUT2D eigenvalue weighted by molar-refractivity contribution is -0.138. The molecule has 1 rings (SSSR count). The minimum absolute atomic E-state index is 0. The van der Waals surface area contributed by atoms with E-state index in [2.05, 4.69) is 10.6 Å². The van der Waals surface area contributed by atoms with Crippen LogP contribution in [0.1, 0.15) is 45.2 Å². The van der Waals surface area contributed by atoms with E-state index < -0.39 is 36.0 Å². The number of rotatable bonds is 10. The summed E-state index contributed by atoms with van der Waals surface area (Å²) in [4.78, 5) is 39.3. The number of likely N-dealkylation sites (N-methyl/N-ethyl adjacent to an activating group) is 1. The number of carbonyl (C=O) groups is 3. The van der Waals surface area contributed by atoms with Crippen molar-refractivity contribution < 1.29 is 19.5 Å². The van der Waals surface area contributed by atoms with Crippen LogP contribution in [0.3, 0.4) is 0 Å². The number of aliphatic hydroxyl groups is 1. The van der Waals surface area contributed by atoms with E-state index in [1.165, 1.54) is 4.90 Å². The molecule has 0 heterocycles. The van der Waals surface area contributed by atoms with Gasteiger partial charge >= 0.3 is 0 Å². The molecule has 30 heavy (non-hydrogen) atoms. The molecule has 170 valence electrons. The van der Waals surface area contributed by atoms with Crippen LogP contribution in [0.5, 0.6) is 0 Å². The predicted octanol–water partition coefficient (Wildman–Crippen LogP) is 0.983. The van der Waals surface area contributed by atoms with Crippen LogP contribution < -0.4 is 16.4 Å². The Hall–Kier alpha value is -2.16. The summed E-state index contributed by atoms with van der Waals surface area (Å²) in [6.45, 7) is 5.45. The summed E-state index contributed by atoms with van der Waals surface area (Å²) >= 11 is 0. The number of amides is 3. The fourth-order valence-corrected chi connectivity index (χ4v) is 2.88. The van der Waals surface area contributed by atoms with Gasteiger partial charge < -0.3 is 26.4 Å². The zero-order chi connectivity index (χ0) is 22.1. The lowest BCUT2D eigenvalue weighted by Crippen LogP contribution is -2.56. The van der Waals surface area contributed by atoms with Gasteiger partial charge in [0.05, 0.1) is 0 Å². The van der Waals surface area contributed by atoms with E-state index in [1.807, 2.05) is 13.0 Å². The van der Waals surface area contributed by atoms with Gasteiger partial charge in [-0.15, -0.1) is 12.4 Å². The van der Waals surface area contributed by atoms with Gasteiger partial charge in [0.2, 0.25) is 11.8 Å². The van der Waals surface area contributed by atoms with Gasteiger partial charge in [0.25, 0.3) is 5.91 Å². The maximum Gasteiger partial charge on any atom is 0.251 e. The number of halogens is 1. The van der Waals surface area contributed by atoms with Crippen LogP contribution in [0.15, 0.2) is 30.3 Å². The number of hydrogen-bond donors (Lipinski definition) is 4. The molecule has 0 aromatic heterocycles. The molecule has 0 aliphatic rings. The van der Waals surface area contributed by atoms with Gasteiger partial charge in [-0.25, -0.2) is 0 Å². The van der Waals surface area contributed by atoms with Crippen molar-refractivity contribution >= 4 is 30.1 Å². The van der Waals surface area contributed by atoms with E-state index in [0.29, 0.717) is 12.0 Å². The van der Waals surface area contributed by atoms with Crippen LogP contribution in [0, 0.1) is 5.92 Å². The first-order chi connectivity index (χ1) is 13.6. The summed E-state index contributed by atoms with van der Waals surface area (Å²) in [6, 6.07) is 6.38. The molecule has 0 spiro atoms.